The minimum atomic E-state index is -2.58. The standard InChI is InChI=1S/C16H22F3NO3S/c1-5-23-14(21)13(19)16(10-17,20-24(22)15(2,3)4)11-8-6-7-9-12(11)18/h6-9,13,20H,5,10H2,1-4H3/t13-,16+,24-/m0/s1. The highest BCUT2D eigenvalue weighted by Crippen LogP contribution is 2.33. The van der Waals surface area contributed by atoms with Crippen molar-refractivity contribution in [3.8, 4) is 0 Å². The van der Waals surface area contributed by atoms with E-state index in [0.717, 1.165) is 12.1 Å². The fraction of sp³-hybridized carbons (Fsp3) is 0.562. The maximum atomic E-state index is 14.8. The number of carbonyl (C=O) groups excluding carboxylic acids is 1. The van der Waals surface area contributed by atoms with Crippen LogP contribution in [0, 0.1) is 5.82 Å². The molecule has 0 unspecified atom stereocenters. The smallest absolute Gasteiger partial charge is 0.343 e. The Morgan fingerprint density at radius 2 is 1.92 bits per heavy atom. The van der Waals surface area contributed by atoms with E-state index < -0.39 is 51.5 Å². The molecule has 3 atom stereocenters. The zero-order chi connectivity index (χ0) is 18.5. The molecule has 0 radical (unpaired) electrons. The number of carbonyl (C=O) groups is 1. The van der Waals surface area contributed by atoms with Gasteiger partial charge in [-0.3, -0.25) is 0 Å². The number of alkyl halides is 2. The van der Waals surface area contributed by atoms with Crippen molar-refractivity contribution in [2.24, 2.45) is 0 Å². The third-order valence-electron chi connectivity index (χ3n) is 3.32. The summed E-state index contributed by atoms with van der Waals surface area (Å²) in [5, 5.41) is 0. The Hall–Kier alpha value is -1.41. The first kappa shape index (κ1) is 20.6. The molecule has 1 rings (SSSR count). The predicted molar refractivity (Wildman–Crippen MR) is 86.6 cm³/mol. The number of hydrogen-bond acceptors (Lipinski definition) is 3. The highest BCUT2D eigenvalue weighted by atomic mass is 32.2. The second-order valence-corrected chi connectivity index (χ2v) is 8.15. The van der Waals surface area contributed by atoms with Crippen molar-refractivity contribution in [1.29, 1.82) is 0 Å². The Labute approximate surface area is 142 Å². The van der Waals surface area contributed by atoms with Crippen LogP contribution in [0.4, 0.5) is 13.2 Å². The molecule has 0 saturated heterocycles. The van der Waals surface area contributed by atoms with Crippen LogP contribution in [0.15, 0.2) is 24.3 Å². The molecule has 0 fully saturated rings. The van der Waals surface area contributed by atoms with Gasteiger partial charge in [-0.2, -0.15) is 0 Å². The number of esters is 1. The van der Waals surface area contributed by atoms with Gasteiger partial charge >= 0.3 is 5.97 Å². The lowest BCUT2D eigenvalue weighted by Crippen LogP contribution is -2.58. The van der Waals surface area contributed by atoms with Gasteiger partial charge in [0.15, 0.2) is 0 Å². The van der Waals surface area contributed by atoms with E-state index in [9.17, 15) is 22.2 Å². The van der Waals surface area contributed by atoms with Crippen LogP contribution in [-0.4, -0.2) is 34.4 Å². The molecule has 1 aromatic carbocycles. The normalized spacial score (nSPS) is 17.0. The highest BCUT2D eigenvalue weighted by molar-refractivity contribution is 7.84. The van der Waals surface area contributed by atoms with Gasteiger partial charge < -0.3 is 4.74 Å². The van der Waals surface area contributed by atoms with E-state index in [0.29, 0.717) is 0 Å². The molecule has 1 N–H and O–H groups in total. The Bertz CT molecular complexity index is 606. The van der Waals surface area contributed by atoms with Crippen LogP contribution in [0.2, 0.25) is 0 Å². The molecule has 0 heterocycles. The minimum absolute atomic E-state index is 0.124. The Morgan fingerprint density at radius 1 is 1.33 bits per heavy atom. The monoisotopic (exact) mass is 365 g/mol. The van der Waals surface area contributed by atoms with Crippen molar-refractivity contribution in [2.75, 3.05) is 13.3 Å². The molecule has 24 heavy (non-hydrogen) atoms. The van der Waals surface area contributed by atoms with Gasteiger partial charge in [-0.25, -0.2) is 26.9 Å². The summed E-state index contributed by atoms with van der Waals surface area (Å²) in [7, 11) is -1.96. The van der Waals surface area contributed by atoms with E-state index in [4.69, 9.17) is 0 Å². The van der Waals surface area contributed by atoms with Crippen LogP contribution in [0.1, 0.15) is 33.3 Å². The second kappa shape index (κ2) is 8.11. The van der Waals surface area contributed by atoms with Crippen molar-refractivity contribution in [2.45, 2.75) is 44.2 Å². The van der Waals surface area contributed by atoms with E-state index in [1.807, 2.05) is 0 Å². The van der Waals surface area contributed by atoms with Gasteiger partial charge in [0, 0.05) is 5.56 Å². The van der Waals surface area contributed by atoms with Gasteiger partial charge in [-0.05, 0) is 33.8 Å². The van der Waals surface area contributed by atoms with Gasteiger partial charge in [0.1, 0.15) is 18.0 Å². The first-order valence-electron chi connectivity index (χ1n) is 7.41. The third kappa shape index (κ3) is 4.36. The zero-order valence-electron chi connectivity index (χ0n) is 14.1. The van der Waals surface area contributed by atoms with E-state index in [-0.39, 0.29) is 6.61 Å². The van der Waals surface area contributed by atoms with Crippen LogP contribution in [0.25, 0.3) is 0 Å². The number of ether oxygens (including phenoxy) is 1. The van der Waals surface area contributed by atoms with Gasteiger partial charge in [0.2, 0.25) is 6.17 Å². The van der Waals surface area contributed by atoms with Gasteiger partial charge in [0.05, 0.1) is 22.3 Å². The summed E-state index contributed by atoms with van der Waals surface area (Å²) in [6.07, 6.45) is -2.58. The average Bonchev–Trinajstić information content (AvgIpc) is 2.51. The predicted octanol–water partition coefficient (Wildman–Crippen LogP) is 2.94. The molecule has 0 aliphatic carbocycles. The Morgan fingerprint density at radius 3 is 2.38 bits per heavy atom. The van der Waals surface area contributed by atoms with Gasteiger partial charge in [-0.15, -0.1) is 0 Å². The van der Waals surface area contributed by atoms with Crippen molar-refractivity contribution in [1.82, 2.24) is 4.72 Å². The number of rotatable bonds is 7. The second-order valence-electron chi connectivity index (χ2n) is 6.18. The molecular weight excluding hydrogens is 343 g/mol. The summed E-state index contributed by atoms with van der Waals surface area (Å²) < 4.78 is 61.4. The van der Waals surface area contributed by atoms with Crippen LogP contribution in [-0.2, 0) is 26.1 Å². The van der Waals surface area contributed by atoms with E-state index in [1.54, 1.807) is 20.8 Å². The summed E-state index contributed by atoms with van der Waals surface area (Å²) in [5.41, 5.74) is -2.87. The minimum Gasteiger partial charge on any atom is -0.464 e. The lowest BCUT2D eigenvalue weighted by Gasteiger charge is -2.36. The number of nitrogens with one attached hydrogen (secondary N) is 1. The van der Waals surface area contributed by atoms with Crippen molar-refractivity contribution in [3.63, 3.8) is 0 Å². The Kier molecular flexibility index (Phi) is 6.97. The molecule has 0 saturated carbocycles. The Balaban J connectivity index is 3.46. The lowest BCUT2D eigenvalue weighted by atomic mass is 9.87. The van der Waals surface area contributed by atoms with Gasteiger partial charge in [0.25, 0.3) is 0 Å². The van der Waals surface area contributed by atoms with Crippen molar-refractivity contribution in [3.05, 3.63) is 35.6 Å². The molecule has 0 amide bonds. The lowest BCUT2D eigenvalue weighted by molar-refractivity contribution is -0.153. The SMILES string of the molecule is CCOC(=O)[C@H](F)[C@](CF)(N[S@@](=O)C(C)(C)C)c1ccccc1F. The molecule has 0 aromatic heterocycles. The van der Waals surface area contributed by atoms with Gasteiger partial charge in [-0.1, -0.05) is 18.2 Å². The molecule has 0 bridgehead atoms. The molecule has 8 heteroatoms. The van der Waals surface area contributed by atoms with Crippen LogP contribution < -0.4 is 4.72 Å². The molecular formula is C16H22F3NO3S. The number of hydrogen-bond donors (Lipinski definition) is 1. The maximum absolute atomic E-state index is 14.8. The molecule has 0 spiro atoms. The highest BCUT2D eigenvalue weighted by Gasteiger charge is 2.50. The van der Waals surface area contributed by atoms with E-state index >= 15 is 0 Å². The third-order valence-corrected chi connectivity index (χ3v) is 4.98. The fourth-order valence-corrected chi connectivity index (χ4v) is 2.87. The molecule has 0 aliphatic heterocycles. The van der Waals surface area contributed by atoms with Crippen LogP contribution >= 0.6 is 0 Å². The largest absolute Gasteiger partial charge is 0.464 e. The summed E-state index contributed by atoms with van der Waals surface area (Å²) in [6, 6.07) is 4.88. The summed E-state index contributed by atoms with van der Waals surface area (Å²) in [6.45, 7) is 4.59. The molecule has 4 nitrogen and oxygen atoms in total. The van der Waals surface area contributed by atoms with E-state index in [2.05, 4.69) is 9.46 Å². The molecule has 136 valence electrons. The average molecular weight is 365 g/mol. The first-order chi connectivity index (χ1) is 11.1. The topological polar surface area (TPSA) is 55.4 Å². The zero-order valence-corrected chi connectivity index (χ0v) is 14.9. The maximum Gasteiger partial charge on any atom is 0.343 e. The van der Waals surface area contributed by atoms with Crippen molar-refractivity contribution < 1.29 is 26.9 Å². The summed E-state index contributed by atoms with van der Waals surface area (Å²) >= 11 is 0. The summed E-state index contributed by atoms with van der Waals surface area (Å²) in [4.78, 5) is 11.8. The number of benzene rings is 1. The first-order valence-corrected chi connectivity index (χ1v) is 8.56. The number of halogens is 3. The quantitative estimate of drug-likeness (QED) is 0.756. The van der Waals surface area contributed by atoms with E-state index in [1.165, 1.54) is 19.1 Å². The molecule has 0 aliphatic rings. The van der Waals surface area contributed by atoms with Crippen LogP contribution in [0.5, 0.6) is 0 Å². The fourth-order valence-electron chi connectivity index (χ4n) is 1.97. The molecule has 1 aromatic rings. The van der Waals surface area contributed by atoms with Crippen LogP contribution in [0.3, 0.4) is 0 Å². The van der Waals surface area contributed by atoms with Crippen molar-refractivity contribution >= 4 is 17.0 Å². The summed E-state index contributed by atoms with van der Waals surface area (Å²) in [5.74, 6) is -2.27.